The van der Waals surface area contributed by atoms with Gasteiger partial charge in [0, 0.05) is 44.1 Å². The molecule has 5 nitrogen and oxygen atoms in total. The molecule has 5 heteroatoms. The minimum atomic E-state index is 0.369. The molecule has 3 heterocycles. The quantitative estimate of drug-likeness (QED) is 0.865. The first kappa shape index (κ1) is 14.1. The van der Waals surface area contributed by atoms with E-state index in [0.717, 1.165) is 43.3 Å². The van der Waals surface area contributed by atoms with E-state index in [-0.39, 0.29) is 0 Å². The summed E-state index contributed by atoms with van der Waals surface area (Å²) in [5.74, 6) is 1.30. The van der Waals surface area contributed by atoms with Crippen LogP contribution >= 0.6 is 0 Å². The molecule has 0 aromatic carbocycles. The van der Waals surface area contributed by atoms with E-state index in [9.17, 15) is 0 Å². The van der Waals surface area contributed by atoms with E-state index in [1.807, 2.05) is 25.5 Å². The average molecular weight is 283 g/mol. The van der Waals surface area contributed by atoms with Crippen LogP contribution in [0.4, 0.5) is 0 Å². The van der Waals surface area contributed by atoms with Gasteiger partial charge in [-0.05, 0) is 18.9 Å². The fourth-order valence-electron chi connectivity index (χ4n) is 2.52. The van der Waals surface area contributed by atoms with E-state index >= 15 is 0 Å². The van der Waals surface area contributed by atoms with Gasteiger partial charge in [0.05, 0.1) is 17.1 Å². The minimum absolute atomic E-state index is 0.369. The Balaban J connectivity index is 1.74. The van der Waals surface area contributed by atoms with Gasteiger partial charge in [0.2, 0.25) is 0 Å². The van der Waals surface area contributed by atoms with E-state index < -0.39 is 0 Å². The molecule has 0 aliphatic carbocycles. The lowest BCUT2D eigenvalue weighted by atomic mass is 10.1. The summed E-state index contributed by atoms with van der Waals surface area (Å²) in [6.07, 6.45) is 6.70. The number of hydrogen-bond donors (Lipinski definition) is 0. The number of fused-ring (bicyclic) bond motifs is 1. The molecular weight excluding hydrogens is 262 g/mol. The number of aromatic nitrogens is 4. The highest BCUT2D eigenvalue weighted by atomic mass is 15.1. The Hall–Kier alpha value is -1.88. The van der Waals surface area contributed by atoms with Crippen molar-refractivity contribution in [3.8, 4) is 0 Å². The molecule has 0 unspecified atom stereocenters. The average Bonchev–Trinajstić information content (AvgIpc) is 2.49. The number of hydrogen-bond acceptors (Lipinski definition) is 5. The molecule has 0 N–H and O–H groups in total. The van der Waals surface area contributed by atoms with Crippen LogP contribution in [0.25, 0.3) is 0 Å². The molecule has 21 heavy (non-hydrogen) atoms. The molecule has 0 spiro atoms. The maximum atomic E-state index is 4.73. The molecule has 2 aromatic rings. The van der Waals surface area contributed by atoms with Crippen LogP contribution in [0.1, 0.15) is 48.2 Å². The van der Waals surface area contributed by atoms with Crippen LogP contribution in [0, 0.1) is 6.92 Å². The topological polar surface area (TPSA) is 54.8 Å². The summed E-state index contributed by atoms with van der Waals surface area (Å²) in [4.78, 5) is 20.3. The second-order valence-corrected chi connectivity index (χ2v) is 5.96. The first-order valence-corrected chi connectivity index (χ1v) is 7.46. The maximum Gasteiger partial charge on any atom is 0.131 e. The predicted octanol–water partition coefficient (Wildman–Crippen LogP) is 2.26. The van der Waals surface area contributed by atoms with Gasteiger partial charge < -0.3 is 0 Å². The van der Waals surface area contributed by atoms with E-state index in [4.69, 9.17) is 4.98 Å². The van der Waals surface area contributed by atoms with E-state index in [1.165, 1.54) is 11.3 Å². The first-order valence-electron chi connectivity index (χ1n) is 7.46. The molecule has 0 atom stereocenters. The van der Waals surface area contributed by atoms with Crippen LogP contribution in [0.3, 0.4) is 0 Å². The highest BCUT2D eigenvalue weighted by molar-refractivity contribution is 5.21. The van der Waals surface area contributed by atoms with Gasteiger partial charge in [0.1, 0.15) is 5.82 Å². The first-order chi connectivity index (χ1) is 10.1. The van der Waals surface area contributed by atoms with Gasteiger partial charge in [-0.2, -0.15) is 0 Å². The van der Waals surface area contributed by atoms with Gasteiger partial charge in [-0.25, -0.2) is 9.97 Å². The Morgan fingerprint density at radius 3 is 2.71 bits per heavy atom. The molecule has 2 aromatic heterocycles. The summed E-state index contributed by atoms with van der Waals surface area (Å²) in [5.41, 5.74) is 4.42. The summed E-state index contributed by atoms with van der Waals surface area (Å²) >= 11 is 0. The zero-order chi connectivity index (χ0) is 14.8. The lowest BCUT2D eigenvalue weighted by Gasteiger charge is -2.27. The minimum Gasteiger partial charge on any atom is -0.291 e. The Kier molecular flexibility index (Phi) is 3.92. The smallest absolute Gasteiger partial charge is 0.131 e. The van der Waals surface area contributed by atoms with Crippen molar-refractivity contribution in [1.29, 1.82) is 0 Å². The maximum absolute atomic E-state index is 4.73. The third-order valence-electron chi connectivity index (χ3n) is 3.78. The van der Waals surface area contributed by atoms with Gasteiger partial charge in [-0.1, -0.05) is 13.8 Å². The highest BCUT2D eigenvalue weighted by Crippen LogP contribution is 2.19. The largest absolute Gasteiger partial charge is 0.291 e. The molecule has 0 fully saturated rings. The van der Waals surface area contributed by atoms with Crippen LogP contribution < -0.4 is 0 Å². The summed E-state index contributed by atoms with van der Waals surface area (Å²) in [7, 11) is 0. The highest BCUT2D eigenvalue weighted by Gasteiger charge is 2.19. The van der Waals surface area contributed by atoms with Crippen LogP contribution in [0.2, 0.25) is 0 Å². The van der Waals surface area contributed by atoms with Crippen LogP contribution in [0.5, 0.6) is 0 Å². The van der Waals surface area contributed by atoms with Crippen molar-refractivity contribution in [2.45, 2.75) is 46.2 Å². The molecule has 0 saturated carbocycles. The van der Waals surface area contributed by atoms with Crippen molar-refractivity contribution in [3.63, 3.8) is 0 Å². The Morgan fingerprint density at radius 2 is 2.00 bits per heavy atom. The van der Waals surface area contributed by atoms with Crippen molar-refractivity contribution in [1.82, 2.24) is 24.8 Å². The van der Waals surface area contributed by atoms with Gasteiger partial charge in [0.25, 0.3) is 0 Å². The SMILES string of the molecule is Cc1cnc(CN2CCc3cnc(C(C)C)nc3C2)cn1. The Labute approximate surface area is 125 Å². The summed E-state index contributed by atoms with van der Waals surface area (Å²) in [6.45, 7) is 8.93. The number of nitrogens with zero attached hydrogens (tertiary/aromatic N) is 5. The fourth-order valence-corrected chi connectivity index (χ4v) is 2.52. The van der Waals surface area contributed by atoms with Crippen LogP contribution in [-0.4, -0.2) is 31.4 Å². The normalized spacial score (nSPS) is 15.2. The summed E-state index contributed by atoms with van der Waals surface area (Å²) < 4.78 is 0. The van der Waals surface area contributed by atoms with Crippen molar-refractivity contribution >= 4 is 0 Å². The molecule has 1 aliphatic rings. The number of rotatable bonds is 3. The molecule has 110 valence electrons. The fraction of sp³-hybridized carbons (Fsp3) is 0.500. The molecule has 1 aliphatic heterocycles. The molecule has 0 bridgehead atoms. The predicted molar refractivity (Wildman–Crippen MR) is 80.7 cm³/mol. The van der Waals surface area contributed by atoms with Gasteiger partial charge in [-0.3, -0.25) is 14.9 Å². The lowest BCUT2D eigenvalue weighted by Crippen LogP contribution is -2.31. The summed E-state index contributed by atoms with van der Waals surface area (Å²) in [6, 6.07) is 0. The van der Waals surface area contributed by atoms with E-state index in [2.05, 4.69) is 33.7 Å². The Bertz CT molecular complexity index is 621. The molecule has 0 saturated heterocycles. The zero-order valence-corrected chi connectivity index (χ0v) is 12.9. The zero-order valence-electron chi connectivity index (χ0n) is 12.9. The van der Waals surface area contributed by atoms with Crippen molar-refractivity contribution in [2.75, 3.05) is 6.54 Å². The number of aryl methyl sites for hydroxylation is 1. The van der Waals surface area contributed by atoms with Gasteiger partial charge in [-0.15, -0.1) is 0 Å². The molecule has 3 rings (SSSR count). The monoisotopic (exact) mass is 283 g/mol. The van der Waals surface area contributed by atoms with Gasteiger partial charge >= 0.3 is 0 Å². The summed E-state index contributed by atoms with van der Waals surface area (Å²) in [5, 5.41) is 0. The van der Waals surface area contributed by atoms with Crippen molar-refractivity contribution in [3.05, 3.63) is 47.1 Å². The third-order valence-corrected chi connectivity index (χ3v) is 3.78. The second-order valence-electron chi connectivity index (χ2n) is 5.96. The van der Waals surface area contributed by atoms with Crippen molar-refractivity contribution in [2.24, 2.45) is 0 Å². The standard InChI is InChI=1S/C16H21N5/c1-11(2)16-19-7-13-4-5-21(10-15(13)20-16)9-14-8-17-12(3)6-18-14/h6-8,11H,4-5,9-10H2,1-3H3. The van der Waals surface area contributed by atoms with Crippen molar-refractivity contribution < 1.29 is 0 Å². The second kappa shape index (κ2) is 5.85. The van der Waals surface area contributed by atoms with Gasteiger partial charge in [0.15, 0.2) is 0 Å². The Morgan fingerprint density at radius 1 is 1.14 bits per heavy atom. The lowest BCUT2D eigenvalue weighted by molar-refractivity contribution is 0.237. The van der Waals surface area contributed by atoms with Crippen LogP contribution in [0.15, 0.2) is 18.6 Å². The van der Waals surface area contributed by atoms with Crippen LogP contribution in [-0.2, 0) is 19.5 Å². The van der Waals surface area contributed by atoms with E-state index in [0.29, 0.717) is 5.92 Å². The molecule has 0 radical (unpaired) electrons. The molecule has 0 amide bonds. The van der Waals surface area contributed by atoms with E-state index in [1.54, 1.807) is 0 Å². The third kappa shape index (κ3) is 3.24. The molecular formula is C16H21N5.